The van der Waals surface area contributed by atoms with Crippen LogP contribution >= 0.6 is 23.5 Å². The third kappa shape index (κ3) is 27.7. The first-order valence-corrected chi connectivity index (χ1v) is 40.7. The van der Waals surface area contributed by atoms with Crippen LogP contribution in [-0.4, -0.2) is 159 Å². The summed E-state index contributed by atoms with van der Waals surface area (Å²) in [6.07, 6.45) is 5.54. The minimum absolute atomic E-state index is 0.183. The first-order valence-electron chi connectivity index (χ1n) is 32.3. The van der Waals surface area contributed by atoms with Gasteiger partial charge in [0.05, 0.1) is 108 Å². The molecule has 0 amide bonds. The summed E-state index contributed by atoms with van der Waals surface area (Å²) in [5.41, 5.74) is 8.65. The van der Waals surface area contributed by atoms with E-state index in [9.17, 15) is 47.9 Å². The predicted octanol–water partition coefficient (Wildman–Crippen LogP) is 14.2. The van der Waals surface area contributed by atoms with Crippen LogP contribution in [0.1, 0.15) is 72.1 Å². The monoisotopic (exact) mass is 1450 g/mol. The first kappa shape index (κ1) is 80.1. The molecule has 0 saturated carbocycles. The highest BCUT2D eigenvalue weighted by Crippen LogP contribution is 2.33. The number of hydrogen-bond acceptors (Lipinski definition) is 17. The number of nitrogens with zero attached hydrogens (tertiary/aromatic N) is 2. The molecular formula is C75H94N2O15S6. The molecule has 0 radical (unpaired) electrons. The zero-order valence-electron chi connectivity index (χ0n) is 57.7. The molecule has 0 aliphatic carbocycles. The molecule has 0 aliphatic rings. The Morgan fingerprint density at radius 2 is 0.888 bits per heavy atom. The predicted molar refractivity (Wildman–Crippen MR) is 392 cm³/mol. The lowest BCUT2D eigenvalue weighted by atomic mass is 10.0. The van der Waals surface area contributed by atoms with E-state index in [4.69, 9.17) is 18.9 Å². The summed E-state index contributed by atoms with van der Waals surface area (Å²) in [6, 6.07) is 53.0. The van der Waals surface area contributed by atoms with Crippen LogP contribution in [0.3, 0.4) is 0 Å². The number of phenols is 1. The maximum Gasteiger partial charge on any atom is 0.206 e. The van der Waals surface area contributed by atoms with Gasteiger partial charge < -0.3 is 42.1 Å². The number of aryl methyl sites for hydroxylation is 4. The second-order valence-corrected chi connectivity index (χ2v) is 35.0. The highest BCUT2D eigenvalue weighted by atomic mass is 32.2. The lowest BCUT2D eigenvalue weighted by Crippen LogP contribution is -2.43. The lowest BCUT2D eigenvalue weighted by Gasteiger charge is -2.30. The van der Waals surface area contributed by atoms with E-state index in [-0.39, 0.29) is 36.8 Å². The van der Waals surface area contributed by atoms with Crippen LogP contribution in [0.15, 0.2) is 202 Å². The third-order valence-electron chi connectivity index (χ3n) is 16.3. The van der Waals surface area contributed by atoms with Crippen LogP contribution in [0.2, 0.25) is 0 Å². The van der Waals surface area contributed by atoms with Crippen LogP contribution in [0.4, 0.5) is 0 Å². The Morgan fingerprint density at radius 1 is 0.469 bits per heavy atom. The van der Waals surface area contributed by atoms with Crippen LogP contribution in [0.5, 0.6) is 40.2 Å². The Labute approximate surface area is 591 Å². The van der Waals surface area contributed by atoms with Gasteiger partial charge in [0.1, 0.15) is 40.2 Å². The fourth-order valence-electron chi connectivity index (χ4n) is 10.3. The molecule has 1 unspecified atom stereocenters. The third-order valence-corrected chi connectivity index (χ3v) is 23.6. The second-order valence-electron chi connectivity index (χ2n) is 25.3. The van der Waals surface area contributed by atoms with Crippen molar-refractivity contribution in [3.05, 3.63) is 221 Å². The molecule has 0 bridgehead atoms. The van der Waals surface area contributed by atoms with Crippen LogP contribution in [-0.2, 0) is 65.6 Å². The van der Waals surface area contributed by atoms with Gasteiger partial charge in [0, 0.05) is 41.1 Å². The normalized spacial score (nSPS) is 12.3. The van der Waals surface area contributed by atoms with E-state index >= 15 is 0 Å². The van der Waals surface area contributed by atoms with E-state index in [1.807, 2.05) is 86.2 Å². The summed E-state index contributed by atoms with van der Waals surface area (Å²) >= 11 is 3.80. The summed E-state index contributed by atoms with van der Waals surface area (Å²) in [5.74, 6) is 6.45. The van der Waals surface area contributed by atoms with Gasteiger partial charge in [-0.25, -0.2) is 33.7 Å². The maximum atomic E-state index is 13.1. The number of aromatic hydroxyl groups is 1. The molecule has 17 nitrogen and oxygen atoms in total. The molecule has 0 saturated heterocycles. The number of sulfone groups is 2. The highest BCUT2D eigenvalue weighted by Gasteiger charge is 2.22. The molecule has 0 aliphatic heterocycles. The highest BCUT2D eigenvalue weighted by molar-refractivity contribution is 8.00. The largest absolute Gasteiger partial charge is 0.748 e. The van der Waals surface area contributed by atoms with Gasteiger partial charge in [-0.2, -0.15) is 23.5 Å². The summed E-state index contributed by atoms with van der Waals surface area (Å²) in [7, 11) is -4.20. The number of methoxy groups -OCH3 is 2. The number of thioether (sulfide) groups is 2. The molecule has 0 aromatic heterocycles. The van der Waals surface area contributed by atoms with E-state index < -0.39 is 39.9 Å². The number of quaternary nitrogens is 2. The van der Waals surface area contributed by atoms with Crippen molar-refractivity contribution in [3.8, 4) is 40.2 Å². The number of benzene rings is 8. The van der Waals surface area contributed by atoms with Gasteiger partial charge in [0.2, 0.25) is 19.7 Å². The van der Waals surface area contributed by atoms with Crippen LogP contribution in [0, 0.1) is 13.8 Å². The minimum atomic E-state index is -4.18. The first-order chi connectivity index (χ1) is 46.2. The van der Waals surface area contributed by atoms with E-state index in [1.54, 1.807) is 72.8 Å². The number of phenolic OH excluding ortho intramolecular Hbond substituents is 1. The smallest absolute Gasteiger partial charge is 0.206 e. The van der Waals surface area contributed by atoms with Gasteiger partial charge in [0.15, 0.2) is 0 Å². The van der Waals surface area contributed by atoms with Crippen molar-refractivity contribution < 1.29 is 75.8 Å². The Morgan fingerprint density at radius 3 is 1.34 bits per heavy atom. The van der Waals surface area contributed by atoms with Gasteiger partial charge in [-0.1, -0.05) is 74.0 Å². The molecule has 0 spiro atoms. The number of ether oxygens (including phenoxy) is 4. The average Bonchev–Trinajstić information content (AvgIpc) is 0.808. The van der Waals surface area contributed by atoms with E-state index in [0.29, 0.717) is 57.9 Å². The van der Waals surface area contributed by atoms with E-state index in [0.717, 1.165) is 89.5 Å². The van der Waals surface area contributed by atoms with Crippen molar-refractivity contribution >= 4 is 63.4 Å². The Bertz CT molecular complexity index is 4250. The molecule has 530 valence electrons. The zero-order valence-corrected chi connectivity index (χ0v) is 62.6. The fourth-order valence-corrected chi connectivity index (χ4v) is 16.3. The topological polar surface area (TPSA) is 240 Å². The SMILES string of the molecule is CCc1ccc(Oc2ccc(S(=O)(=O)c3ccc(OC)cc3)cc2)c(CC(C)SCC[N+](C)(C)CCCS(=O)(=O)[O-])c1.COc1ccc(S(=O)(=O)c2ccc(Oc3ccc(Cc4ccc(O)cc4)cc3)cc2)cc1.Cc1ccc(C)c(CCCSCC[N+](C)(C)CCCS(=O)(=O)[O-])c1. The van der Waals surface area contributed by atoms with Crippen molar-refractivity contribution in [2.45, 2.75) is 97.5 Å². The average molecular weight is 1460 g/mol. The van der Waals surface area contributed by atoms with Gasteiger partial charge in [-0.3, -0.25) is 0 Å². The van der Waals surface area contributed by atoms with E-state index in [2.05, 4.69) is 66.1 Å². The zero-order chi connectivity index (χ0) is 71.7. The van der Waals surface area contributed by atoms with Crippen molar-refractivity contribution in [2.24, 2.45) is 0 Å². The van der Waals surface area contributed by atoms with Gasteiger partial charge >= 0.3 is 0 Å². The molecule has 8 aromatic rings. The van der Waals surface area contributed by atoms with Gasteiger partial charge in [0.25, 0.3) is 0 Å². The summed E-state index contributed by atoms with van der Waals surface area (Å²) in [6.45, 7) is 11.8. The Kier molecular flexibility index (Phi) is 30.6. The molecule has 8 rings (SSSR count). The number of rotatable bonds is 34. The molecular weight excluding hydrogens is 1360 g/mol. The Balaban J connectivity index is 0.000000241. The molecule has 0 fully saturated rings. The molecule has 98 heavy (non-hydrogen) atoms. The van der Waals surface area contributed by atoms with Crippen LogP contribution < -0.4 is 18.9 Å². The van der Waals surface area contributed by atoms with E-state index in [1.165, 1.54) is 79.3 Å². The van der Waals surface area contributed by atoms with Crippen molar-refractivity contribution in [3.63, 3.8) is 0 Å². The van der Waals surface area contributed by atoms with Crippen LogP contribution in [0.25, 0.3) is 0 Å². The quantitative estimate of drug-likeness (QED) is 0.0224. The minimum Gasteiger partial charge on any atom is -0.748 e. The lowest BCUT2D eigenvalue weighted by molar-refractivity contribution is -0.887. The summed E-state index contributed by atoms with van der Waals surface area (Å²) in [4.78, 5) is 0.775. The Hall–Kier alpha value is -6.90. The van der Waals surface area contributed by atoms with Gasteiger partial charge in [-0.05, 0) is 212 Å². The molecule has 1 N–H and O–H groups in total. The fraction of sp³-hybridized carbons (Fsp3) is 0.360. The maximum absolute atomic E-state index is 13.1. The molecule has 8 aromatic carbocycles. The number of hydrogen-bond donors (Lipinski definition) is 1. The summed E-state index contributed by atoms with van der Waals surface area (Å²) in [5, 5.41) is 9.69. The molecule has 0 heterocycles. The van der Waals surface area contributed by atoms with Crippen molar-refractivity contribution in [2.75, 3.05) is 97.4 Å². The second kappa shape index (κ2) is 37.5. The summed E-state index contributed by atoms with van der Waals surface area (Å²) < 4.78 is 140. The molecule has 23 heteroatoms. The van der Waals surface area contributed by atoms with Gasteiger partial charge in [-0.15, -0.1) is 0 Å². The standard InChI is InChI=1S/C31H41NO7S3.C26H22O5S.C18H31NO3S2/c1-6-25-8-17-31(26(23-25)22-24(2)40-20-19-32(3,4)18-7-21-41(33,34)35)39-28-11-15-30(16-12-28)42(36,37)29-13-9-27(38-5)10-14-29;1-30-22-10-14-25(15-11-22)32(28,29)26-16-12-24(13-17-26)31-23-8-4-20(5-9-23)18-19-2-6-21(27)7-3-19;1-16-8-9-17(2)18(15-16)7-5-12-23-13-11-19(3,4)10-6-14-24(20,21)22/h8-17,23-24H,6-7,18-22H2,1-5H3;2-17,27H,18H2,1H3;8-9,15H,5-7,10-14H2,1-4H3. The van der Waals surface area contributed by atoms with Crippen molar-refractivity contribution in [1.82, 2.24) is 0 Å². The molecule has 1 atom stereocenters. The van der Waals surface area contributed by atoms with Crippen molar-refractivity contribution in [1.29, 1.82) is 0 Å².